The fourth-order valence-corrected chi connectivity index (χ4v) is 6.88. The molecule has 0 aromatic carbocycles. The number of unbranched alkanes of at least 4 members (excludes halogenated alkanes) is 15. The molecule has 1 fully saturated rings. The van der Waals surface area contributed by atoms with Crippen molar-refractivity contribution in [2.45, 2.75) is 202 Å². The van der Waals surface area contributed by atoms with Crippen molar-refractivity contribution in [2.75, 3.05) is 33.4 Å². The summed E-state index contributed by atoms with van der Waals surface area (Å²) in [5.41, 5.74) is 0. The number of likely N-dealkylation sites (tertiary alicyclic amines) is 1. The predicted molar refractivity (Wildman–Crippen MR) is 198 cm³/mol. The molecule has 1 heterocycles. The average molecular weight is 652 g/mol. The van der Waals surface area contributed by atoms with E-state index < -0.39 is 0 Å². The Morgan fingerprint density at radius 1 is 0.587 bits per heavy atom. The minimum Gasteiger partial charge on any atom is -0.466 e. The number of hydrogen-bond acceptors (Lipinski definition) is 5. The van der Waals surface area contributed by atoms with E-state index in [0.29, 0.717) is 25.6 Å². The Bertz CT molecular complexity index is 665. The number of piperidine rings is 1. The highest BCUT2D eigenvalue weighted by atomic mass is 16.5. The van der Waals surface area contributed by atoms with Gasteiger partial charge in [0.15, 0.2) is 0 Å². The maximum Gasteiger partial charge on any atom is 0.309 e. The number of esters is 2. The molecule has 0 aromatic rings. The molecule has 1 saturated heterocycles. The van der Waals surface area contributed by atoms with Crippen LogP contribution in [0.4, 0.5) is 0 Å². The van der Waals surface area contributed by atoms with Gasteiger partial charge in [0, 0.05) is 6.42 Å². The summed E-state index contributed by atoms with van der Waals surface area (Å²) >= 11 is 0. The maximum atomic E-state index is 12.7. The molecule has 0 radical (unpaired) electrons. The summed E-state index contributed by atoms with van der Waals surface area (Å²) < 4.78 is 11.5. The highest BCUT2D eigenvalue weighted by Crippen LogP contribution is 2.23. The second-order valence-electron chi connectivity index (χ2n) is 14.5. The van der Waals surface area contributed by atoms with E-state index in [1.54, 1.807) is 0 Å². The van der Waals surface area contributed by atoms with Crippen LogP contribution in [0.25, 0.3) is 0 Å². The molecule has 0 aliphatic carbocycles. The zero-order valence-corrected chi connectivity index (χ0v) is 30.7. The molecule has 1 aliphatic heterocycles. The number of hydrogen-bond donors (Lipinski definition) is 0. The third kappa shape index (κ3) is 25.9. The van der Waals surface area contributed by atoms with Crippen LogP contribution < -0.4 is 0 Å². The lowest BCUT2D eigenvalue weighted by atomic mass is 9.92. The molecule has 0 saturated carbocycles. The maximum absolute atomic E-state index is 12.7. The van der Waals surface area contributed by atoms with E-state index in [-0.39, 0.29) is 25.3 Å². The molecule has 0 N–H and O–H groups in total. The van der Waals surface area contributed by atoms with E-state index in [1.165, 1.54) is 135 Å². The van der Waals surface area contributed by atoms with Crippen molar-refractivity contribution in [2.24, 2.45) is 17.8 Å². The molecule has 5 heteroatoms. The minimum atomic E-state index is -0.00105. The Hall–Kier alpha value is -1.10. The molecular formula is C41H81NO4. The van der Waals surface area contributed by atoms with Crippen LogP contribution >= 0.6 is 0 Å². The van der Waals surface area contributed by atoms with E-state index in [4.69, 9.17) is 9.47 Å². The first-order valence-electron chi connectivity index (χ1n) is 20.0. The number of nitrogens with zero attached hydrogens (tertiary/aromatic N) is 1. The Kier molecular flexibility index (Phi) is 31.7. The third-order valence-electron chi connectivity index (χ3n) is 10.2. The highest BCUT2D eigenvalue weighted by molar-refractivity contribution is 5.72. The van der Waals surface area contributed by atoms with E-state index >= 15 is 0 Å². The molecule has 1 atom stereocenters. The number of carbonyl (C=O) groups is 2. The normalized spacial score (nSPS) is 14.7. The van der Waals surface area contributed by atoms with Crippen LogP contribution in [0.1, 0.15) is 202 Å². The van der Waals surface area contributed by atoms with Gasteiger partial charge in [0.25, 0.3) is 0 Å². The van der Waals surface area contributed by atoms with Crippen molar-refractivity contribution in [1.29, 1.82) is 0 Å². The third-order valence-corrected chi connectivity index (χ3v) is 10.2. The van der Waals surface area contributed by atoms with E-state index in [2.05, 4.69) is 32.7 Å². The first kappa shape index (κ1) is 44.9. The average Bonchev–Trinajstić information content (AvgIpc) is 3.04. The van der Waals surface area contributed by atoms with Gasteiger partial charge < -0.3 is 14.4 Å². The Balaban J connectivity index is 0.0000202. The lowest BCUT2D eigenvalue weighted by molar-refractivity contribution is -0.151. The van der Waals surface area contributed by atoms with Gasteiger partial charge in [-0.25, -0.2) is 0 Å². The van der Waals surface area contributed by atoms with Gasteiger partial charge in [0.2, 0.25) is 0 Å². The Labute approximate surface area is 288 Å². The summed E-state index contributed by atoms with van der Waals surface area (Å²) in [6.45, 7) is 10.0. The molecule has 0 aromatic heterocycles. The van der Waals surface area contributed by atoms with Crippen LogP contribution in [0.15, 0.2) is 0 Å². The van der Waals surface area contributed by atoms with Gasteiger partial charge in [-0.1, -0.05) is 157 Å². The second kappa shape index (κ2) is 32.4. The van der Waals surface area contributed by atoms with E-state index in [9.17, 15) is 9.59 Å². The molecule has 5 nitrogen and oxygen atoms in total. The molecule has 1 aliphatic rings. The molecule has 1 rings (SSSR count). The topological polar surface area (TPSA) is 55.8 Å². The van der Waals surface area contributed by atoms with E-state index in [1.807, 2.05) is 0 Å². The Morgan fingerprint density at radius 2 is 1.02 bits per heavy atom. The van der Waals surface area contributed by atoms with Crippen molar-refractivity contribution < 1.29 is 19.1 Å². The molecule has 46 heavy (non-hydrogen) atoms. The predicted octanol–water partition coefficient (Wildman–Crippen LogP) is 12.1. The second-order valence-corrected chi connectivity index (χ2v) is 14.5. The van der Waals surface area contributed by atoms with Crippen molar-refractivity contribution in [3.8, 4) is 0 Å². The minimum absolute atomic E-state index is 0. The zero-order chi connectivity index (χ0) is 32.8. The van der Waals surface area contributed by atoms with Gasteiger partial charge >= 0.3 is 11.9 Å². The lowest BCUT2D eigenvalue weighted by Gasteiger charge is -2.28. The summed E-state index contributed by atoms with van der Waals surface area (Å²) in [6.07, 6.45) is 32.5. The van der Waals surface area contributed by atoms with Crippen LogP contribution in [0.3, 0.4) is 0 Å². The largest absolute Gasteiger partial charge is 0.466 e. The fraction of sp³-hybridized carbons (Fsp3) is 0.951. The van der Waals surface area contributed by atoms with Crippen molar-refractivity contribution in [3.63, 3.8) is 0 Å². The summed E-state index contributed by atoms with van der Waals surface area (Å²) in [5.74, 6) is 1.37. The van der Waals surface area contributed by atoms with Gasteiger partial charge in [0.1, 0.15) is 0 Å². The molecular weight excluding hydrogens is 570 g/mol. The summed E-state index contributed by atoms with van der Waals surface area (Å²) in [7, 11) is 2.13. The lowest BCUT2D eigenvalue weighted by Crippen LogP contribution is -2.34. The molecule has 274 valence electrons. The molecule has 0 spiro atoms. The van der Waals surface area contributed by atoms with Gasteiger partial charge in [0.05, 0.1) is 19.1 Å². The van der Waals surface area contributed by atoms with Gasteiger partial charge in [-0.05, 0) is 70.5 Å². The first-order valence-corrected chi connectivity index (χ1v) is 20.0. The van der Waals surface area contributed by atoms with Crippen LogP contribution in [-0.4, -0.2) is 50.2 Å². The zero-order valence-electron chi connectivity index (χ0n) is 30.7. The fourth-order valence-electron chi connectivity index (χ4n) is 6.88. The SMILES string of the molecule is C.CCCCCCCCCC(CCCCCCCCC(=O)OCCC(CCCCC)CCCCC)COC(=O)C1CCN(C)CC1. The quantitative estimate of drug-likeness (QED) is 0.0551. The first-order chi connectivity index (χ1) is 22.0. The van der Waals surface area contributed by atoms with Gasteiger partial charge in [-0.15, -0.1) is 0 Å². The molecule has 0 bridgehead atoms. The highest BCUT2D eigenvalue weighted by Gasteiger charge is 2.25. The number of rotatable bonds is 31. The van der Waals surface area contributed by atoms with Gasteiger partial charge in [-0.3, -0.25) is 9.59 Å². The van der Waals surface area contributed by atoms with Crippen molar-refractivity contribution in [1.82, 2.24) is 4.90 Å². The summed E-state index contributed by atoms with van der Waals surface area (Å²) in [6, 6.07) is 0. The number of ether oxygens (including phenoxy) is 2. The summed E-state index contributed by atoms with van der Waals surface area (Å²) in [5, 5.41) is 0. The standard InChI is InChI=1S/C40H77NO4.CH4/c1-5-8-11-12-13-16-21-26-37(35-45-40(43)38-29-32-41(4)33-30-38)27-22-17-14-15-18-23-28-39(42)44-34-31-36(24-19-9-6-2)25-20-10-7-3;/h36-38H,5-35H2,1-4H3;1H4. The summed E-state index contributed by atoms with van der Waals surface area (Å²) in [4.78, 5) is 27.3. The monoisotopic (exact) mass is 652 g/mol. The van der Waals surface area contributed by atoms with Crippen LogP contribution in [0.2, 0.25) is 0 Å². The van der Waals surface area contributed by atoms with Crippen LogP contribution in [0.5, 0.6) is 0 Å². The van der Waals surface area contributed by atoms with Crippen LogP contribution in [-0.2, 0) is 19.1 Å². The smallest absolute Gasteiger partial charge is 0.309 e. The molecule has 0 amide bonds. The van der Waals surface area contributed by atoms with Gasteiger partial charge in [-0.2, -0.15) is 0 Å². The van der Waals surface area contributed by atoms with Crippen molar-refractivity contribution >= 4 is 11.9 Å². The van der Waals surface area contributed by atoms with Crippen molar-refractivity contribution in [3.05, 3.63) is 0 Å². The Morgan fingerprint density at radius 3 is 1.57 bits per heavy atom. The molecule has 1 unspecified atom stereocenters. The van der Waals surface area contributed by atoms with Crippen LogP contribution in [0, 0.1) is 17.8 Å². The van der Waals surface area contributed by atoms with E-state index in [0.717, 1.165) is 51.1 Å². The number of carbonyl (C=O) groups excluding carboxylic acids is 2.